The molecule has 0 aliphatic heterocycles. The van der Waals surface area contributed by atoms with Crippen LogP contribution in [0.2, 0.25) is 0 Å². The molecule has 0 bridgehead atoms. The summed E-state index contributed by atoms with van der Waals surface area (Å²) in [7, 11) is 1.42. The second-order valence-electron chi connectivity index (χ2n) is 11.8. The van der Waals surface area contributed by atoms with Crippen molar-refractivity contribution in [2.75, 3.05) is 47.5 Å². The maximum absolute atomic E-state index is 12.5. The molecular weight excluding hydrogens is 581 g/mol. The summed E-state index contributed by atoms with van der Waals surface area (Å²) in [5.41, 5.74) is 0. The third-order valence-electron chi connectivity index (χ3n) is 6.39. The van der Waals surface area contributed by atoms with E-state index in [1.807, 2.05) is 33.3 Å². The molecule has 0 rings (SSSR count). The molecule has 0 aliphatic carbocycles. The minimum atomic E-state index is -4.37. The van der Waals surface area contributed by atoms with Crippen molar-refractivity contribution in [1.29, 1.82) is 0 Å². The summed E-state index contributed by atoms with van der Waals surface area (Å²) in [5.74, 6) is -0.909. The summed E-state index contributed by atoms with van der Waals surface area (Å²) in [4.78, 5) is 34.8. The number of ether oxygens (including phenoxy) is 2. The third kappa shape index (κ3) is 30.0. The molecule has 1 N–H and O–H groups in total. The first-order chi connectivity index (χ1) is 21.0. The van der Waals surface area contributed by atoms with E-state index >= 15 is 0 Å². The van der Waals surface area contributed by atoms with Crippen LogP contribution in [0, 0.1) is 0 Å². The van der Waals surface area contributed by atoms with E-state index in [4.69, 9.17) is 18.5 Å². The lowest BCUT2D eigenvalue weighted by Gasteiger charge is -2.24. The Hall–Kier alpha value is -2.03. The molecule has 0 aromatic rings. The summed E-state index contributed by atoms with van der Waals surface area (Å²) in [6, 6.07) is 0. The van der Waals surface area contributed by atoms with Gasteiger partial charge in [0.05, 0.1) is 27.7 Å². The summed E-state index contributed by atoms with van der Waals surface area (Å²) >= 11 is 0. The standard InChI is InChI=1S/C34H60NO8P/c1-6-8-10-12-14-15-16-17-18-19-21-23-25-27-34(37)43-32(31-42-44(38,39)41-29-28-35(3,4)5)30-40-33(36)26-24-22-20-13-11-9-7-2/h8,10,14-15,17-18,21,23,32H,6-7,9,11-13,16,19-20,22,24-31H2,1-5H3/p+1/b10-8-,15-14-,18-17-,23-21-. The number of likely N-dealkylation sites (N-methyl/N-ethyl adjacent to an activating group) is 1. The van der Waals surface area contributed by atoms with Crippen LogP contribution in [0.4, 0.5) is 0 Å². The number of phosphoric acid groups is 1. The zero-order valence-corrected chi connectivity index (χ0v) is 29.0. The molecule has 254 valence electrons. The molecule has 0 saturated carbocycles. The van der Waals surface area contributed by atoms with E-state index in [1.54, 1.807) is 0 Å². The first kappa shape index (κ1) is 42.0. The molecule has 0 fully saturated rings. The minimum Gasteiger partial charge on any atom is -0.462 e. The number of allylic oxidation sites excluding steroid dienone is 8. The quantitative estimate of drug-likeness (QED) is 0.0301. The Bertz CT molecular complexity index is 907. The summed E-state index contributed by atoms with van der Waals surface area (Å²) in [5, 5.41) is 0. The van der Waals surface area contributed by atoms with Crippen LogP contribution in [0.15, 0.2) is 48.6 Å². The lowest BCUT2D eigenvalue weighted by Crippen LogP contribution is -2.37. The van der Waals surface area contributed by atoms with E-state index in [1.165, 1.54) is 19.3 Å². The number of nitrogens with zero attached hydrogens (tertiary/aromatic N) is 1. The van der Waals surface area contributed by atoms with Crippen molar-refractivity contribution in [2.24, 2.45) is 0 Å². The lowest BCUT2D eigenvalue weighted by molar-refractivity contribution is -0.870. The van der Waals surface area contributed by atoms with Crippen LogP contribution in [0.3, 0.4) is 0 Å². The van der Waals surface area contributed by atoms with Gasteiger partial charge >= 0.3 is 19.8 Å². The van der Waals surface area contributed by atoms with Crippen LogP contribution in [-0.2, 0) is 32.7 Å². The van der Waals surface area contributed by atoms with Crippen LogP contribution in [-0.4, -0.2) is 74.9 Å². The third-order valence-corrected chi connectivity index (χ3v) is 7.37. The number of rotatable bonds is 28. The van der Waals surface area contributed by atoms with Crippen LogP contribution in [0.25, 0.3) is 0 Å². The van der Waals surface area contributed by atoms with Crippen molar-refractivity contribution < 1.29 is 42.1 Å². The Morgan fingerprint density at radius 2 is 1.30 bits per heavy atom. The second kappa shape index (κ2) is 27.3. The zero-order valence-electron chi connectivity index (χ0n) is 28.1. The molecule has 9 nitrogen and oxygen atoms in total. The Labute approximate surface area is 267 Å². The monoisotopic (exact) mass is 642 g/mol. The fourth-order valence-corrected chi connectivity index (χ4v) is 4.53. The SMILES string of the molecule is CC/C=C\C/C=C\C/C=C\C/C=C\CCC(=O)OC(COC(=O)CCCCCCCCC)COP(=O)(O)OCC[N+](C)(C)C. The molecule has 0 amide bonds. The number of carbonyl (C=O) groups is 2. The van der Waals surface area contributed by atoms with Gasteiger partial charge in [-0.1, -0.05) is 101 Å². The predicted octanol–water partition coefficient (Wildman–Crippen LogP) is 8.01. The Morgan fingerprint density at radius 1 is 0.727 bits per heavy atom. The predicted molar refractivity (Wildman–Crippen MR) is 178 cm³/mol. The number of carbonyl (C=O) groups excluding carboxylic acids is 2. The molecule has 0 aliphatic rings. The van der Waals surface area contributed by atoms with E-state index in [0.717, 1.165) is 51.4 Å². The average Bonchev–Trinajstić information content (AvgIpc) is 2.95. The van der Waals surface area contributed by atoms with Gasteiger partial charge in [0.2, 0.25) is 0 Å². The number of hydrogen-bond acceptors (Lipinski definition) is 7. The van der Waals surface area contributed by atoms with Gasteiger partial charge in [-0.15, -0.1) is 0 Å². The molecule has 0 heterocycles. The fourth-order valence-electron chi connectivity index (χ4n) is 3.79. The van der Waals surface area contributed by atoms with E-state index in [-0.39, 0.29) is 26.1 Å². The van der Waals surface area contributed by atoms with E-state index in [2.05, 4.69) is 50.3 Å². The first-order valence-electron chi connectivity index (χ1n) is 16.4. The van der Waals surface area contributed by atoms with Gasteiger partial charge in [0.15, 0.2) is 6.10 Å². The van der Waals surface area contributed by atoms with Gasteiger partial charge < -0.3 is 18.9 Å². The van der Waals surface area contributed by atoms with Crippen LogP contribution < -0.4 is 0 Å². The second-order valence-corrected chi connectivity index (χ2v) is 13.3. The number of quaternary nitrogens is 1. The van der Waals surface area contributed by atoms with Crippen molar-refractivity contribution in [2.45, 2.75) is 110 Å². The van der Waals surface area contributed by atoms with Crippen molar-refractivity contribution >= 4 is 19.8 Å². The average molecular weight is 643 g/mol. The highest BCUT2D eigenvalue weighted by molar-refractivity contribution is 7.47. The van der Waals surface area contributed by atoms with Gasteiger partial charge in [-0.2, -0.15) is 0 Å². The molecule has 0 radical (unpaired) electrons. The molecule has 10 heteroatoms. The normalized spacial score (nSPS) is 14.6. The van der Waals surface area contributed by atoms with Gasteiger partial charge in [0, 0.05) is 12.8 Å². The van der Waals surface area contributed by atoms with Gasteiger partial charge in [0.1, 0.15) is 19.8 Å². The van der Waals surface area contributed by atoms with Gasteiger partial charge in [0.25, 0.3) is 0 Å². The Kier molecular flexibility index (Phi) is 26.0. The highest BCUT2D eigenvalue weighted by Crippen LogP contribution is 2.43. The summed E-state index contributed by atoms with van der Waals surface area (Å²) < 4.78 is 33.8. The molecule has 0 saturated heterocycles. The molecule has 0 aromatic carbocycles. The lowest BCUT2D eigenvalue weighted by atomic mass is 10.1. The molecule has 2 atom stereocenters. The number of esters is 2. The van der Waals surface area contributed by atoms with Crippen molar-refractivity contribution in [3.05, 3.63) is 48.6 Å². The molecular formula is C34H61NO8P+. The molecule has 2 unspecified atom stereocenters. The molecule has 44 heavy (non-hydrogen) atoms. The summed E-state index contributed by atoms with van der Waals surface area (Å²) in [6.45, 7) is 4.12. The van der Waals surface area contributed by atoms with Gasteiger partial charge in [-0.3, -0.25) is 18.6 Å². The molecule has 0 spiro atoms. The van der Waals surface area contributed by atoms with Crippen molar-refractivity contribution in [3.63, 3.8) is 0 Å². The Morgan fingerprint density at radius 3 is 1.89 bits per heavy atom. The highest BCUT2D eigenvalue weighted by atomic mass is 31.2. The zero-order chi connectivity index (χ0) is 32.9. The van der Waals surface area contributed by atoms with Crippen molar-refractivity contribution in [1.82, 2.24) is 0 Å². The van der Waals surface area contributed by atoms with Crippen LogP contribution >= 0.6 is 7.82 Å². The fraction of sp³-hybridized carbons (Fsp3) is 0.706. The number of hydrogen-bond donors (Lipinski definition) is 1. The minimum absolute atomic E-state index is 0.0179. The number of phosphoric ester groups is 1. The van der Waals surface area contributed by atoms with Crippen LogP contribution in [0.5, 0.6) is 0 Å². The molecule has 0 aromatic heterocycles. The van der Waals surface area contributed by atoms with Crippen LogP contribution in [0.1, 0.15) is 104 Å². The van der Waals surface area contributed by atoms with Gasteiger partial charge in [-0.25, -0.2) is 4.57 Å². The Balaban J connectivity index is 4.65. The van der Waals surface area contributed by atoms with Gasteiger partial charge in [-0.05, 0) is 38.5 Å². The topological polar surface area (TPSA) is 108 Å². The van der Waals surface area contributed by atoms with Crippen molar-refractivity contribution in [3.8, 4) is 0 Å². The van der Waals surface area contributed by atoms with E-state index < -0.39 is 32.5 Å². The largest absolute Gasteiger partial charge is 0.472 e. The van der Waals surface area contributed by atoms with E-state index in [0.29, 0.717) is 17.4 Å². The number of unbranched alkanes of at least 4 members (excludes halogenated alkanes) is 6. The van der Waals surface area contributed by atoms with E-state index in [9.17, 15) is 19.0 Å². The first-order valence-corrected chi connectivity index (χ1v) is 17.9. The maximum Gasteiger partial charge on any atom is 0.472 e. The summed E-state index contributed by atoms with van der Waals surface area (Å²) in [6.07, 6.45) is 27.7. The maximum atomic E-state index is 12.5. The highest BCUT2D eigenvalue weighted by Gasteiger charge is 2.26. The smallest absolute Gasteiger partial charge is 0.462 e.